The average molecular weight is 128 g/mol. The fourth-order valence-electron chi connectivity index (χ4n) is 0.521. The van der Waals surface area contributed by atoms with Gasteiger partial charge in [-0.3, -0.25) is 0 Å². The molecule has 1 saturated heterocycles. The highest BCUT2D eigenvalue weighted by Crippen LogP contribution is 2.13. The first-order valence-corrected chi connectivity index (χ1v) is 3.42. The van der Waals surface area contributed by atoms with E-state index in [1.54, 1.807) is 11.8 Å². The van der Waals surface area contributed by atoms with Crippen LogP contribution in [0.4, 0.5) is 0 Å². The summed E-state index contributed by atoms with van der Waals surface area (Å²) in [5.41, 5.74) is 0. The number of nitrogens with zero attached hydrogens (tertiary/aromatic N) is 1. The Morgan fingerprint density at radius 3 is 3.00 bits per heavy atom. The minimum absolute atomic E-state index is 0.591. The third-order valence-corrected chi connectivity index (χ3v) is 1.84. The predicted octanol–water partition coefficient (Wildman–Crippen LogP) is 0.0531. The number of rotatable bonds is 0. The van der Waals surface area contributed by atoms with Gasteiger partial charge in [-0.1, -0.05) is 0 Å². The van der Waals surface area contributed by atoms with E-state index >= 15 is 0 Å². The summed E-state index contributed by atoms with van der Waals surface area (Å²) in [7, 11) is 0. The second-order valence-electron chi connectivity index (χ2n) is 1.48. The molecular formula is C5H6NOS. The Balaban J connectivity index is 2.45. The molecule has 2 nitrogen and oxygen atoms in total. The minimum Gasteiger partial charge on any atom is -0.235 e. The lowest BCUT2D eigenvalue weighted by atomic mass is 10.5. The maximum atomic E-state index is 9.92. The summed E-state index contributed by atoms with van der Waals surface area (Å²) in [5, 5.41) is 4.01. The smallest absolute Gasteiger partial charge is 0.136 e. The molecule has 0 N–H and O–H groups in total. The lowest BCUT2D eigenvalue weighted by Gasteiger charge is -2.08. The largest absolute Gasteiger partial charge is 0.235 e. The third-order valence-electron chi connectivity index (χ3n) is 0.895. The minimum atomic E-state index is 0.591. The quantitative estimate of drug-likeness (QED) is 0.432. The molecule has 1 rings (SSSR count). The van der Waals surface area contributed by atoms with E-state index in [9.17, 15) is 4.79 Å². The van der Waals surface area contributed by atoms with Crippen LogP contribution in [0.25, 0.3) is 0 Å². The summed E-state index contributed by atoms with van der Waals surface area (Å²) in [6.07, 6.45) is 0. The van der Waals surface area contributed by atoms with E-state index in [4.69, 9.17) is 0 Å². The van der Waals surface area contributed by atoms with Crippen LogP contribution in [0.2, 0.25) is 0 Å². The van der Waals surface area contributed by atoms with Gasteiger partial charge in [-0.05, 0) is 0 Å². The van der Waals surface area contributed by atoms with Crippen LogP contribution < -0.4 is 5.32 Å². The van der Waals surface area contributed by atoms with Gasteiger partial charge < -0.3 is 0 Å². The molecule has 1 radical (unpaired) electrons. The van der Waals surface area contributed by atoms with Gasteiger partial charge in [0.15, 0.2) is 0 Å². The van der Waals surface area contributed by atoms with Crippen molar-refractivity contribution in [2.24, 2.45) is 0 Å². The van der Waals surface area contributed by atoms with Crippen LogP contribution in [-0.2, 0) is 4.79 Å². The van der Waals surface area contributed by atoms with Crippen molar-refractivity contribution in [2.45, 2.75) is 0 Å². The van der Waals surface area contributed by atoms with Gasteiger partial charge in [0.1, 0.15) is 5.94 Å². The molecule has 1 aliphatic rings. The Kier molecular flexibility index (Phi) is 2.15. The molecular weight excluding hydrogens is 122 g/mol. The van der Waals surface area contributed by atoms with Crippen molar-refractivity contribution < 1.29 is 4.79 Å². The Hall–Kier alpha value is -0.240. The van der Waals surface area contributed by atoms with E-state index in [2.05, 4.69) is 5.32 Å². The summed E-state index contributed by atoms with van der Waals surface area (Å²) in [5.74, 6) is 2.79. The van der Waals surface area contributed by atoms with E-state index in [-0.39, 0.29) is 0 Å². The van der Waals surface area contributed by atoms with Crippen LogP contribution in [0.3, 0.4) is 0 Å². The van der Waals surface area contributed by atoms with E-state index in [0.717, 1.165) is 17.2 Å². The molecule has 1 fully saturated rings. The monoisotopic (exact) mass is 128 g/mol. The van der Waals surface area contributed by atoms with Crippen molar-refractivity contribution in [1.29, 1.82) is 0 Å². The molecule has 1 aliphatic heterocycles. The van der Waals surface area contributed by atoms with Crippen LogP contribution in [0.1, 0.15) is 0 Å². The van der Waals surface area contributed by atoms with Gasteiger partial charge in [0.05, 0.1) is 11.4 Å². The molecule has 0 aromatic heterocycles. The second-order valence-corrected chi connectivity index (χ2v) is 2.67. The summed E-state index contributed by atoms with van der Waals surface area (Å²) in [4.78, 5) is 10.7. The summed E-state index contributed by atoms with van der Waals surface area (Å²) in [6.45, 7) is 1.48. The number of thioether (sulfide) groups is 1. The van der Waals surface area contributed by atoms with Gasteiger partial charge in [0.25, 0.3) is 0 Å². The summed E-state index contributed by atoms with van der Waals surface area (Å²) < 4.78 is 0. The molecule has 0 amide bonds. The standard InChI is InChI=1S/C5H6NOS/c7-4-5-3-6-1-2-8-5/h1-3H2. The van der Waals surface area contributed by atoms with Crippen LogP contribution in [0.15, 0.2) is 4.91 Å². The maximum absolute atomic E-state index is 9.92. The molecule has 8 heavy (non-hydrogen) atoms. The molecule has 0 aromatic carbocycles. The first-order valence-electron chi connectivity index (χ1n) is 2.43. The molecule has 3 heteroatoms. The van der Waals surface area contributed by atoms with Crippen molar-refractivity contribution in [2.75, 3.05) is 18.8 Å². The summed E-state index contributed by atoms with van der Waals surface area (Å²) >= 11 is 1.56. The van der Waals surface area contributed by atoms with E-state index in [0.29, 0.717) is 6.54 Å². The van der Waals surface area contributed by atoms with Crippen molar-refractivity contribution in [3.8, 4) is 0 Å². The van der Waals surface area contributed by atoms with Crippen LogP contribution >= 0.6 is 11.8 Å². The molecule has 0 spiro atoms. The molecule has 0 aromatic rings. The van der Waals surface area contributed by atoms with Crippen molar-refractivity contribution in [1.82, 2.24) is 5.32 Å². The lowest BCUT2D eigenvalue weighted by molar-refractivity contribution is 0.567. The van der Waals surface area contributed by atoms with Crippen molar-refractivity contribution in [3.05, 3.63) is 4.91 Å². The van der Waals surface area contributed by atoms with E-state index in [1.165, 1.54) is 0 Å². The molecule has 0 atom stereocenters. The Morgan fingerprint density at radius 2 is 2.62 bits per heavy atom. The van der Waals surface area contributed by atoms with Crippen LogP contribution in [-0.4, -0.2) is 24.8 Å². The van der Waals surface area contributed by atoms with Gasteiger partial charge in [-0.25, -0.2) is 10.1 Å². The Labute approximate surface area is 52.3 Å². The fraction of sp³-hybridized carbons (Fsp3) is 0.600. The van der Waals surface area contributed by atoms with Crippen molar-refractivity contribution in [3.63, 3.8) is 0 Å². The van der Waals surface area contributed by atoms with Crippen LogP contribution in [0.5, 0.6) is 0 Å². The van der Waals surface area contributed by atoms with Crippen molar-refractivity contribution >= 4 is 17.7 Å². The highest BCUT2D eigenvalue weighted by atomic mass is 32.2. The highest BCUT2D eigenvalue weighted by molar-refractivity contribution is 8.03. The molecule has 43 valence electrons. The average Bonchev–Trinajstić information content (AvgIpc) is 1.90. The molecule has 0 saturated carbocycles. The topological polar surface area (TPSA) is 31.2 Å². The number of carbonyl (C=O) groups excluding carboxylic acids is 1. The third kappa shape index (κ3) is 1.37. The molecule has 0 aliphatic carbocycles. The van der Waals surface area contributed by atoms with Gasteiger partial charge in [0.2, 0.25) is 0 Å². The van der Waals surface area contributed by atoms with Gasteiger partial charge in [0, 0.05) is 12.3 Å². The Bertz CT molecular complexity index is 120. The molecule has 0 unspecified atom stereocenters. The zero-order valence-electron chi connectivity index (χ0n) is 4.39. The zero-order valence-corrected chi connectivity index (χ0v) is 5.20. The number of hydrogen-bond acceptors (Lipinski definition) is 2. The fourth-order valence-corrected chi connectivity index (χ4v) is 1.23. The van der Waals surface area contributed by atoms with E-state index < -0.39 is 0 Å². The highest BCUT2D eigenvalue weighted by Gasteiger charge is 2.05. The zero-order chi connectivity index (χ0) is 5.82. The Morgan fingerprint density at radius 1 is 1.75 bits per heavy atom. The van der Waals surface area contributed by atoms with Gasteiger partial charge in [-0.15, -0.1) is 11.8 Å². The molecule has 1 heterocycles. The van der Waals surface area contributed by atoms with Gasteiger partial charge >= 0.3 is 0 Å². The summed E-state index contributed by atoms with van der Waals surface area (Å²) in [6, 6.07) is 0. The normalized spacial score (nSPS) is 20.2. The first kappa shape index (κ1) is 5.89. The SMILES string of the molecule is O=C=C1C[N]CCS1. The first-order chi connectivity index (χ1) is 3.93. The van der Waals surface area contributed by atoms with Crippen LogP contribution in [0, 0.1) is 0 Å². The maximum Gasteiger partial charge on any atom is 0.136 e. The molecule has 0 bridgehead atoms. The lowest BCUT2D eigenvalue weighted by Crippen LogP contribution is -2.17. The second kappa shape index (κ2) is 2.92. The number of hydrogen-bond donors (Lipinski definition) is 0. The van der Waals surface area contributed by atoms with Gasteiger partial charge in [-0.2, -0.15) is 0 Å². The predicted molar refractivity (Wildman–Crippen MR) is 33.5 cm³/mol. The van der Waals surface area contributed by atoms with E-state index in [1.807, 2.05) is 5.94 Å².